The Labute approximate surface area is 157 Å². The van der Waals surface area contributed by atoms with Gasteiger partial charge in [-0.3, -0.25) is 9.20 Å². The molecule has 4 rings (SSSR count). The normalized spacial score (nSPS) is 17.8. The predicted molar refractivity (Wildman–Crippen MR) is 93.1 cm³/mol. The summed E-state index contributed by atoms with van der Waals surface area (Å²) in [6, 6.07) is 1.69. The van der Waals surface area contributed by atoms with Crippen LogP contribution in [0.15, 0.2) is 30.9 Å². The standard InChI is InChI=1S/C17H16F3N7O/c18-17(19,20)12-9-27-11(6-24-14(27)7-23-12)16-22-4-3-13(25-16)26-5-1-2-10(8-26)15(21)28/h3-4,6-7,9-10H,1-2,5,8H2,(H2,21,28). The van der Waals surface area contributed by atoms with Crippen molar-refractivity contribution in [1.82, 2.24) is 24.3 Å². The topological polar surface area (TPSA) is 102 Å². The number of aromatic nitrogens is 5. The SMILES string of the molecule is NC(=O)C1CCCN(c2ccnc(-c3cnc4cnc(C(F)(F)F)cn34)n2)C1. The number of alkyl halides is 3. The van der Waals surface area contributed by atoms with E-state index in [1.54, 1.807) is 6.07 Å². The maximum absolute atomic E-state index is 13.0. The van der Waals surface area contributed by atoms with Crippen LogP contribution < -0.4 is 10.6 Å². The molecule has 0 aliphatic carbocycles. The average molecular weight is 391 g/mol. The fourth-order valence-corrected chi connectivity index (χ4v) is 3.27. The molecule has 1 amide bonds. The number of rotatable bonds is 3. The number of nitrogens with zero attached hydrogens (tertiary/aromatic N) is 6. The minimum Gasteiger partial charge on any atom is -0.369 e. The van der Waals surface area contributed by atoms with E-state index < -0.39 is 11.9 Å². The molecule has 1 aliphatic heterocycles. The number of imidazole rings is 1. The Hall–Kier alpha value is -3.24. The molecule has 0 saturated carbocycles. The molecular weight excluding hydrogens is 375 g/mol. The first-order chi connectivity index (χ1) is 13.3. The highest BCUT2D eigenvalue weighted by Gasteiger charge is 2.33. The third-order valence-electron chi connectivity index (χ3n) is 4.70. The lowest BCUT2D eigenvalue weighted by atomic mass is 9.97. The molecule has 1 aliphatic rings. The molecule has 1 saturated heterocycles. The van der Waals surface area contributed by atoms with Gasteiger partial charge in [0.2, 0.25) is 5.91 Å². The highest BCUT2D eigenvalue weighted by molar-refractivity contribution is 5.77. The third-order valence-corrected chi connectivity index (χ3v) is 4.70. The molecule has 146 valence electrons. The average Bonchev–Trinajstić information content (AvgIpc) is 3.11. The zero-order chi connectivity index (χ0) is 19.9. The van der Waals surface area contributed by atoms with Gasteiger partial charge in [0.25, 0.3) is 0 Å². The summed E-state index contributed by atoms with van der Waals surface area (Å²) in [5, 5.41) is 0. The van der Waals surface area contributed by atoms with E-state index >= 15 is 0 Å². The van der Waals surface area contributed by atoms with E-state index in [1.165, 1.54) is 16.8 Å². The van der Waals surface area contributed by atoms with Gasteiger partial charge in [0.05, 0.1) is 18.3 Å². The first-order valence-electron chi connectivity index (χ1n) is 8.61. The van der Waals surface area contributed by atoms with Crippen molar-refractivity contribution in [2.24, 2.45) is 11.7 Å². The Kier molecular flexibility index (Phi) is 4.36. The van der Waals surface area contributed by atoms with E-state index in [4.69, 9.17) is 5.73 Å². The van der Waals surface area contributed by atoms with Crippen molar-refractivity contribution in [3.05, 3.63) is 36.5 Å². The first kappa shape index (κ1) is 18.1. The number of hydrogen-bond acceptors (Lipinski definition) is 6. The van der Waals surface area contributed by atoms with E-state index in [2.05, 4.69) is 19.9 Å². The second-order valence-corrected chi connectivity index (χ2v) is 6.57. The molecule has 3 aromatic heterocycles. The lowest BCUT2D eigenvalue weighted by Crippen LogP contribution is -2.41. The lowest BCUT2D eigenvalue weighted by molar-refractivity contribution is -0.141. The fourth-order valence-electron chi connectivity index (χ4n) is 3.27. The van der Waals surface area contributed by atoms with Crippen LogP contribution in [0.5, 0.6) is 0 Å². The molecule has 0 spiro atoms. The van der Waals surface area contributed by atoms with Crippen LogP contribution >= 0.6 is 0 Å². The molecule has 28 heavy (non-hydrogen) atoms. The number of carbonyl (C=O) groups excluding carboxylic acids is 1. The molecule has 1 unspecified atom stereocenters. The summed E-state index contributed by atoms with van der Waals surface area (Å²) in [4.78, 5) is 29.6. The van der Waals surface area contributed by atoms with Crippen molar-refractivity contribution in [2.75, 3.05) is 18.0 Å². The molecule has 4 heterocycles. The summed E-state index contributed by atoms with van der Waals surface area (Å²) in [6.45, 7) is 1.15. The van der Waals surface area contributed by atoms with Gasteiger partial charge in [0.1, 0.15) is 11.5 Å². The molecular formula is C17H16F3N7O. The fraction of sp³-hybridized carbons (Fsp3) is 0.353. The maximum Gasteiger partial charge on any atom is 0.434 e. The Morgan fingerprint density at radius 2 is 2.04 bits per heavy atom. The number of anilines is 1. The number of nitrogens with two attached hydrogens (primary N) is 1. The zero-order valence-electron chi connectivity index (χ0n) is 14.6. The van der Waals surface area contributed by atoms with Gasteiger partial charge in [0, 0.05) is 25.5 Å². The Morgan fingerprint density at radius 1 is 1.21 bits per heavy atom. The van der Waals surface area contributed by atoms with E-state index in [-0.39, 0.29) is 23.3 Å². The Bertz CT molecular complexity index is 1030. The van der Waals surface area contributed by atoms with Gasteiger partial charge < -0.3 is 10.6 Å². The van der Waals surface area contributed by atoms with Gasteiger partial charge in [-0.1, -0.05) is 0 Å². The molecule has 11 heteroatoms. The molecule has 1 fully saturated rings. The second kappa shape index (κ2) is 6.73. The summed E-state index contributed by atoms with van der Waals surface area (Å²) in [7, 11) is 0. The summed E-state index contributed by atoms with van der Waals surface area (Å²) >= 11 is 0. The van der Waals surface area contributed by atoms with Crippen LogP contribution in [0, 0.1) is 5.92 Å². The molecule has 8 nitrogen and oxygen atoms in total. The summed E-state index contributed by atoms with van der Waals surface area (Å²) in [5.41, 5.74) is 4.95. The summed E-state index contributed by atoms with van der Waals surface area (Å²) < 4.78 is 40.2. The maximum atomic E-state index is 13.0. The molecule has 0 radical (unpaired) electrons. The van der Waals surface area contributed by atoms with Crippen LogP contribution in [-0.4, -0.2) is 43.3 Å². The number of fused-ring (bicyclic) bond motifs is 1. The van der Waals surface area contributed by atoms with Crippen molar-refractivity contribution in [1.29, 1.82) is 0 Å². The predicted octanol–water partition coefficient (Wildman–Crippen LogP) is 1.91. The number of carbonyl (C=O) groups is 1. The Morgan fingerprint density at radius 3 is 2.79 bits per heavy atom. The summed E-state index contributed by atoms with van der Waals surface area (Å²) in [6.07, 6.45) is 1.80. The third kappa shape index (κ3) is 3.35. The minimum atomic E-state index is -4.57. The molecule has 3 aromatic rings. The van der Waals surface area contributed by atoms with Gasteiger partial charge in [-0.05, 0) is 18.9 Å². The number of piperidine rings is 1. The van der Waals surface area contributed by atoms with E-state index in [1.807, 2.05) is 4.90 Å². The minimum absolute atomic E-state index is 0.227. The number of hydrogen-bond donors (Lipinski definition) is 1. The van der Waals surface area contributed by atoms with E-state index in [9.17, 15) is 18.0 Å². The van der Waals surface area contributed by atoms with Crippen LogP contribution in [0.1, 0.15) is 18.5 Å². The van der Waals surface area contributed by atoms with Crippen LogP contribution in [0.2, 0.25) is 0 Å². The molecule has 1 atom stereocenters. The highest BCUT2D eigenvalue weighted by Crippen LogP contribution is 2.29. The number of amides is 1. The van der Waals surface area contributed by atoms with Crippen LogP contribution in [0.25, 0.3) is 17.2 Å². The molecule has 0 aromatic carbocycles. The number of primary amides is 1. The van der Waals surface area contributed by atoms with Crippen molar-refractivity contribution < 1.29 is 18.0 Å². The zero-order valence-corrected chi connectivity index (χ0v) is 14.6. The highest BCUT2D eigenvalue weighted by atomic mass is 19.4. The van der Waals surface area contributed by atoms with Crippen molar-refractivity contribution in [2.45, 2.75) is 19.0 Å². The molecule has 2 N–H and O–H groups in total. The van der Waals surface area contributed by atoms with Crippen molar-refractivity contribution >= 4 is 17.4 Å². The Balaban J connectivity index is 1.71. The largest absolute Gasteiger partial charge is 0.434 e. The quantitative estimate of drug-likeness (QED) is 0.732. The van der Waals surface area contributed by atoms with Gasteiger partial charge in [-0.2, -0.15) is 13.2 Å². The van der Waals surface area contributed by atoms with E-state index in [0.717, 1.165) is 25.2 Å². The van der Waals surface area contributed by atoms with E-state index in [0.29, 0.717) is 24.6 Å². The van der Waals surface area contributed by atoms with Crippen molar-refractivity contribution in [3.8, 4) is 11.5 Å². The monoisotopic (exact) mass is 391 g/mol. The lowest BCUT2D eigenvalue weighted by Gasteiger charge is -2.32. The van der Waals surface area contributed by atoms with Gasteiger partial charge >= 0.3 is 6.18 Å². The number of halogens is 3. The van der Waals surface area contributed by atoms with Crippen LogP contribution in [0.3, 0.4) is 0 Å². The van der Waals surface area contributed by atoms with Gasteiger partial charge in [-0.15, -0.1) is 0 Å². The smallest absolute Gasteiger partial charge is 0.369 e. The summed E-state index contributed by atoms with van der Waals surface area (Å²) in [5.74, 6) is 0.192. The second-order valence-electron chi connectivity index (χ2n) is 6.57. The van der Waals surface area contributed by atoms with Gasteiger partial charge in [-0.25, -0.2) is 19.9 Å². The van der Waals surface area contributed by atoms with Gasteiger partial charge in [0.15, 0.2) is 17.2 Å². The van der Waals surface area contributed by atoms with Crippen LogP contribution in [-0.2, 0) is 11.0 Å². The first-order valence-corrected chi connectivity index (χ1v) is 8.61. The van der Waals surface area contributed by atoms with Crippen molar-refractivity contribution in [3.63, 3.8) is 0 Å². The molecule has 0 bridgehead atoms. The van der Waals surface area contributed by atoms with Crippen LogP contribution in [0.4, 0.5) is 19.0 Å².